The summed E-state index contributed by atoms with van der Waals surface area (Å²) in [7, 11) is 0. The quantitative estimate of drug-likeness (QED) is 0.806. The number of nitrogens with two attached hydrogens (primary N) is 1. The van der Waals surface area contributed by atoms with Gasteiger partial charge < -0.3 is 15.8 Å². The molecule has 0 aromatic heterocycles. The Morgan fingerprint density at radius 1 is 1.40 bits per heavy atom. The van der Waals surface area contributed by atoms with E-state index in [1.165, 1.54) is 18.2 Å². The highest BCUT2D eigenvalue weighted by molar-refractivity contribution is 5.79. The summed E-state index contributed by atoms with van der Waals surface area (Å²) in [6.07, 6.45) is -4.27. The van der Waals surface area contributed by atoms with Crippen LogP contribution in [0.15, 0.2) is 24.3 Å². The fourth-order valence-electron chi connectivity index (χ4n) is 1.70. The van der Waals surface area contributed by atoms with E-state index in [0.29, 0.717) is 6.54 Å². The van der Waals surface area contributed by atoms with Crippen molar-refractivity contribution in [2.75, 3.05) is 13.2 Å². The monoisotopic (exact) mass is 290 g/mol. The van der Waals surface area contributed by atoms with Gasteiger partial charge in [-0.1, -0.05) is 19.1 Å². The van der Waals surface area contributed by atoms with Crippen molar-refractivity contribution in [1.29, 1.82) is 0 Å². The molecule has 1 aromatic rings. The smallest absolute Gasteiger partial charge is 0.419 e. The molecule has 0 spiro atoms. The minimum absolute atomic E-state index is 0.0340. The van der Waals surface area contributed by atoms with Crippen molar-refractivity contribution in [2.45, 2.75) is 25.6 Å². The van der Waals surface area contributed by atoms with Crippen LogP contribution in [0.2, 0.25) is 0 Å². The molecule has 1 rings (SSSR count). The maximum absolute atomic E-state index is 12.7. The Hall–Kier alpha value is -1.76. The zero-order chi connectivity index (χ0) is 15.2. The minimum Gasteiger partial charge on any atom is -0.493 e. The molecule has 3 N–H and O–H groups in total. The van der Waals surface area contributed by atoms with Crippen molar-refractivity contribution in [3.05, 3.63) is 29.8 Å². The number of rotatable bonds is 7. The number of nitrogens with one attached hydrogen (secondary N) is 1. The summed E-state index contributed by atoms with van der Waals surface area (Å²) >= 11 is 0. The second-order valence-electron chi connectivity index (χ2n) is 4.14. The third-order valence-corrected chi connectivity index (χ3v) is 2.65. The molecule has 0 aliphatic heterocycles. The molecule has 7 heteroatoms. The Balaban J connectivity index is 2.64. The number of hydrogen-bond acceptors (Lipinski definition) is 3. The summed E-state index contributed by atoms with van der Waals surface area (Å²) in [6, 6.07) is 4.33. The molecule has 1 unspecified atom stereocenters. The van der Waals surface area contributed by atoms with E-state index in [9.17, 15) is 18.0 Å². The van der Waals surface area contributed by atoms with Gasteiger partial charge >= 0.3 is 6.18 Å². The van der Waals surface area contributed by atoms with Crippen molar-refractivity contribution < 1.29 is 22.7 Å². The Kier molecular flexibility index (Phi) is 5.82. The summed E-state index contributed by atoms with van der Waals surface area (Å²) in [5, 5.41) is 2.84. The first-order valence-electron chi connectivity index (χ1n) is 6.18. The third-order valence-electron chi connectivity index (χ3n) is 2.65. The van der Waals surface area contributed by atoms with Crippen LogP contribution in [0.25, 0.3) is 0 Å². The summed E-state index contributed by atoms with van der Waals surface area (Å²) in [4.78, 5) is 11.1. The Morgan fingerprint density at radius 3 is 2.60 bits per heavy atom. The highest BCUT2D eigenvalue weighted by atomic mass is 19.4. The Labute approximate surface area is 115 Å². The van der Waals surface area contributed by atoms with E-state index in [1.54, 1.807) is 6.92 Å². The van der Waals surface area contributed by atoms with E-state index in [1.807, 2.05) is 0 Å². The first-order chi connectivity index (χ1) is 9.36. The van der Waals surface area contributed by atoms with Crippen LogP contribution in [-0.2, 0) is 11.0 Å². The molecular formula is C13H17F3N2O2. The van der Waals surface area contributed by atoms with Crippen LogP contribution in [-0.4, -0.2) is 25.1 Å². The lowest BCUT2D eigenvalue weighted by Crippen LogP contribution is -2.42. The number of ether oxygens (including phenoxy) is 1. The molecule has 4 nitrogen and oxygen atoms in total. The summed E-state index contributed by atoms with van der Waals surface area (Å²) in [5.41, 5.74) is 4.33. The third kappa shape index (κ3) is 4.73. The predicted octanol–water partition coefficient (Wildman–Crippen LogP) is 1.94. The van der Waals surface area contributed by atoms with Crippen molar-refractivity contribution >= 4 is 5.91 Å². The zero-order valence-corrected chi connectivity index (χ0v) is 11.0. The lowest BCUT2D eigenvalue weighted by Gasteiger charge is -2.16. The molecule has 20 heavy (non-hydrogen) atoms. The van der Waals surface area contributed by atoms with Crippen molar-refractivity contribution in [2.24, 2.45) is 5.73 Å². The lowest BCUT2D eigenvalue weighted by atomic mass is 10.2. The van der Waals surface area contributed by atoms with Gasteiger partial charge in [0.25, 0.3) is 0 Å². The Morgan fingerprint density at radius 2 is 2.05 bits per heavy atom. The van der Waals surface area contributed by atoms with Crippen LogP contribution in [0.1, 0.15) is 18.9 Å². The standard InChI is InChI=1S/C13H17F3N2O2/c1-2-18-10(12(17)19)7-8-20-11-6-4-3-5-9(11)13(14,15)16/h3-6,10,18H,2,7-8H2,1H3,(H2,17,19). The predicted molar refractivity (Wildman–Crippen MR) is 68.2 cm³/mol. The van der Waals surface area contributed by atoms with E-state index < -0.39 is 23.7 Å². The largest absolute Gasteiger partial charge is 0.493 e. The van der Waals surface area contributed by atoms with Gasteiger partial charge in [0.1, 0.15) is 5.75 Å². The number of hydrogen-bond donors (Lipinski definition) is 2. The number of carbonyl (C=O) groups excluding carboxylic acids is 1. The second kappa shape index (κ2) is 7.14. The van der Waals surface area contributed by atoms with Crippen molar-refractivity contribution in [3.8, 4) is 5.75 Å². The summed E-state index contributed by atoms with van der Waals surface area (Å²) < 4.78 is 43.3. The van der Waals surface area contributed by atoms with Gasteiger partial charge in [0.2, 0.25) is 5.91 Å². The molecule has 0 aliphatic rings. The van der Waals surface area contributed by atoms with Crippen molar-refractivity contribution in [1.82, 2.24) is 5.32 Å². The number of carbonyl (C=O) groups is 1. The molecule has 1 amide bonds. The van der Waals surface area contributed by atoms with E-state index in [4.69, 9.17) is 10.5 Å². The number of benzene rings is 1. The first kappa shape index (κ1) is 16.3. The number of amides is 1. The van der Waals surface area contributed by atoms with Crippen LogP contribution >= 0.6 is 0 Å². The molecule has 0 fully saturated rings. The van der Waals surface area contributed by atoms with Gasteiger partial charge in [0, 0.05) is 6.42 Å². The maximum Gasteiger partial charge on any atom is 0.419 e. The average molecular weight is 290 g/mol. The van der Waals surface area contributed by atoms with Crippen LogP contribution in [0, 0.1) is 0 Å². The molecule has 1 atom stereocenters. The van der Waals surface area contributed by atoms with Gasteiger partial charge in [-0.2, -0.15) is 13.2 Å². The molecule has 0 saturated heterocycles. The molecular weight excluding hydrogens is 273 g/mol. The summed E-state index contributed by atoms with van der Waals surface area (Å²) in [5.74, 6) is -0.806. The van der Waals surface area contributed by atoms with Gasteiger partial charge in [0.15, 0.2) is 0 Å². The number of primary amides is 1. The fourth-order valence-corrected chi connectivity index (χ4v) is 1.70. The highest BCUT2D eigenvalue weighted by Crippen LogP contribution is 2.35. The van der Waals surface area contributed by atoms with E-state index in [0.717, 1.165) is 6.07 Å². The normalized spacial score (nSPS) is 13.0. The SMILES string of the molecule is CCNC(CCOc1ccccc1C(F)(F)F)C(N)=O. The van der Waals surface area contributed by atoms with Gasteiger partial charge in [-0.3, -0.25) is 4.79 Å². The molecule has 0 bridgehead atoms. The number of para-hydroxylation sites is 1. The molecule has 0 radical (unpaired) electrons. The molecule has 0 aliphatic carbocycles. The molecule has 0 saturated carbocycles. The fraction of sp³-hybridized carbons (Fsp3) is 0.462. The van der Waals surface area contributed by atoms with Crippen LogP contribution in [0.3, 0.4) is 0 Å². The van der Waals surface area contributed by atoms with Crippen LogP contribution < -0.4 is 15.8 Å². The van der Waals surface area contributed by atoms with E-state index in [-0.39, 0.29) is 18.8 Å². The second-order valence-corrected chi connectivity index (χ2v) is 4.14. The maximum atomic E-state index is 12.7. The van der Waals surface area contributed by atoms with Gasteiger partial charge in [0.05, 0.1) is 18.2 Å². The first-order valence-corrected chi connectivity index (χ1v) is 6.18. The van der Waals surface area contributed by atoms with Crippen LogP contribution in [0.5, 0.6) is 5.75 Å². The molecule has 0 heterocycles. The topological polar surface area (TPSA) is 64.3 Å². The highest BCUT2D eigenvalue weighted by Gasteiger charge is 2.34. The number of likely N-dealkylation sites (N-methyl/N-ethyl adjacent to an activating group) is 1. The minimum atomic E-state index is -4.47. The van der Waals surface area contributed by atoms with Crippen LogP contribution in [0.4, 0.5) is 13.2 Å². The average Bonchev–Trinajstić information content (AvgIpc) is 2.37. The lowest BCUT2D eigenvalue weighted by molar-refractivity contribution is -0.139. The van der Waals surface area contributed by atoms with Gasteiger partial charge in [-0.15, -0.1) is 0 Å². The van der Waals surface area contributed by atoms with Gasteiger partial charge in [-0.05, 0) is 18.7 Å². The Bertz CT molecular complexity index is 449. The molecule has 1 aromatic carbocycles. The van der Waals surface area contributed by atoms with Gasteiger partial charge in [-0.25, -0.2) is 0 Å². The van der Waals surface area contributed by atoms with Crippen molar-refractivity contribution in [3.63, 3.8) is 0 Å². The van der Waals surface area contributed by atoms with E-state index >= 15 is 0 Å². The van der Waals surface area contributed by atoms with E-state index in [2.05, 4.69) is 5.32 Å². The molecule has 112 valence electrons. The summed E-state index contributed by atoms with van der Waals surface area (Å²) in [6.45, 7) is 2.30. The number of halogens is 3. The number of alkyl halides is 3. The zero-order valence-electron chi connectivity index (χ0n) is 11.0.